The standard InChI is InChI=1S/C18H22O5S/c1-5-13(2)15-8-6-7-9-16(15)23-24(19,20)18-12-14(21-3)10-11-17(18)22-4/h6-13H,5H2,1-4H3. The maximum atomic E-state index is 12.8. The molecule has 1 atom stereocenters. The molecule has 0 aliphatic carbocycles. The molecule has 1 unspecified atom stereocenters. The van der Waals surface area contributed by atoms with E-state index in [0.717, 1.165) is 12.0 Å². The fraction of sp³-hybridized carbons (Fsp3) is 0.333. The lowest BCUT2D eigenvalue weighted by Gasteiger charge is -2.16. The van der Waals surface area contributed by atoms with E-state index in [1.165, 1.54) is 26.4 Å². The monoisotopic (exact) mass is 350 g/mol. The Morgan fingerprint density at radius 2 is 1.71 bits per heavy atom. The van der Waals surface area contributed by atoms with Crippen molar-refractivity contribution in [2.75, 3.05) is 14.2 Å². The molecule has 2 aromatic carbocycles. The van der Waals surface area contributed by atoms with E-state index in [1.807, 2.05) is 26.0 Å². The zero-order valence-electron chi connectivity index (χ0n) is 14.3. The summed E-state index contributed by atoms with van der Waals surface area (Å²) < 4.78 is 41.2. The summed E-state index contributed by atoms with van der Waals surface area (Å²) in [5.41, 5.74) is 0.852. The summed E-state index contributed by atoms with van der Waals surface area (Å²) in [6.45, 7) is 4.07. The second-order valence-corrected chi connectivity index (χ2v) is 6.92. The highest BCUT2D eigenvalue weighted by Gasteiger charge is 2.24. The molecular weight excluding hydrogens is 328 g/mol. The van der Waals surface area contributed by atoms with Gasteiger partial charge >= 0.3 is 10.1 Å². The van der Waals surface area contributed by atoms with Crippen LogP contribution in [-0.4, -0.2) is 22.6 Å². The fourth-order valence-corrected chi connectivity index (χ4v) is 3.46. The molecule has 0 saturated carbocycles. The van der Waals surface area contributed by atoms with Crippen LogP contribution in [0.3, 0.4) is 0 Å². The lowest BCUT2D eigenvalue weighted by Crippen LogP contribution is -2.13. The van der Waals surface area contributed by atoms with Crippen LogP contribution in [0, 0.1) is 0 Å². The van der Waals surface area contributed by atoms with Gasteiger partial charge in [-0.2, -0.15) is 8.42 Å². The van der Waals surface area contributed by atoms with E-state index in [2.05, 4.69) is 0 Å². The maximum Gasteiger partial charge on any atom is 0.343 e. The van der Waals surface area contributed by atoms with Gasteiger partial charge in [-0.25, -0.2) is 0 Å². The largest absolute Gasteiger partial charge is 0.497 e. The molecule has 0 heterocycles. The number of hydrogen-bond acceptors (Lipinski definition) is 5. The Balaban J connectivity index is 2.47. The summed E-state index contributed by atoms with van der Waals surface area (Å²) in [4.78, 5) is -0.0664. The highest BCUT2D eigenvalue weighted by molar-refractivity contribution is 7.87. The Hall–Kier alpha value is -2.21. The van der Waals surface area contributed by atoms with Crippen molar-refractivity contribution < 1.29 is 22.1 Å². The van der Waals surface area contributed by atoms with Crippen molar-refractivity contribution in [3.63, 3.8) is 0 Å². The zero-order valence-corrected chi connectivity index (χ0v) is 15.1. The van der Waals surface area contributed by atoms with Gasteiger partial charge in [0.1, 0.15) is 17.2 Å². The van der Waals surface area contributed by atoms with Crippen molar-refractivity contribution in [3.05, 3.63) is 48.0 Å². The van der Waals surface area contributed by atoms with Crippen LogP contribution in [0.4, 0.5) is 0 Å². The molecule has 0 aliphatic heterocycles. The third kappa shape index (κ3) is 3.82. The molecule has 0 aromatic heterocycles. The van der Waals surface area contributed by atoms with Crippen molar-refractivity contribution in [2.24, 2.45) is 0 Å². The highest BCUT2D eigenvalue weighted by Crippen LogP contribution is 2.34. The van der Waals surface area contributed by atoms with Gasteiger partial charge in [0.15, 0.2) is 4.90 Å². The van der Waals surface area contributed by atoms with Crippen LogP contribution in [0.15, 0.2) is 47.4 Å². The first-order chi connectivity index (χ1) is 11.4. The molecule has 5 nitrogen and oxygen atoms in total. The Morgan fingerprint density at radius 1 is 1.00 bits per heavy atom. The molecule has 0 fully saturated rings. The molecule has 0 spiro atoms. The highest BCUT2D eigenvalue weighted by atomic mass is 32.2. The SMILES string of the molecule is CCC(C)c1ccccc1OS(=O)(=O)c1cc(OC)ccc1OC. The Bertz CT molecular complexity index is 799. The van der Waals surface area contributed by atoms with Gasteiger partial charge in [0.25, 0.3) is 0 Å². The van der Waals surface area contributed by atoms with Crippen molar-refractivity contribution in [1.82, 2.24) is 0 Å². The normalized spacial score (nSPS) is 12.5. The van der Waals surface area contributed by atoms with Gasteiger partial charge in [-0.05, 0) is 36.1 Å². The second kappa shape index (κ2) is 7.57. The van der Waals surface area contributed by atoms with Gasteiger partial charge in [-0.1, -0.05) is 32.0 Å². The average Bonchev–Trinajstić information content (AvgIpc) is 2.60. The van der Waals surface area contributed by atoms with E-state index in [-0.39, 0.29) is 16.6 Å². The minimum atomic E-state index is -4.06. The van der Waals surface area contributed by atoms with Gasteiger partial charge < -0.3 is 13.7 Å². The number of methoxy groups -OCH3 is 2. The molecule has 2 rings (SSSR count). The molecule has 0 aliphatic rings. The first-order valence-electron chi connectivity index (χ1n) is 7.68. The Kier molecular flexibility index (Phi) is 5.72. The zero-order chi connectivity index (χ0) is 17.7. The predicted octanol–water partition coefficient (Wildman–Crippen LogP) is 3.99. The molecule has 0 saturated heterocycles. The van der Waals surface area contributed by atoms with Crippen LogP contribution >= 0.6 is 0 Å². The van der Waals surface area contributed by atoms with Crippen molar-refractivity contribution in [1.29, 1.82) is 0 Å². The van der Waals surface area contributed by atoms with Crippen LogP contribution in [0.1, 0.15) is 31.7 Å². The molecule has 0 N–H and O–H groups in total. The average molecular weight is 350 g/mol. The molecule has 0 radical (unpaired) electrons. The van der Waals surface area contributed by atoms with Crippen LogP contribution in [0.2, 0.25) is 0 Å². The molecule has 6 heteroatoms. The number of ether oxygens (including phenoxy) is 2. The number of hydrogen-bond donors (Lipinski definition) is 0. The molecule has 2 aromatic rings. The summed E-state index contributed by atoms with van der Waals surface area (Å²) in [6, 6.07) is 11.7. The first kappa shape index (κ1) is 18.1. The number of rotatable bonds is 7. The number of benzene rings is 2. The van der Waals surface area contributed by atoms with E-state index >= 15 is 0 Å². The van der Waals surface area contributed by atoms with Crippen LogP contribution in [-0.2, 0) is 10.1 Å². The van der Waals surface area contributed by atoms with Crippen LogP contribution in [0.25, 0.3) is 0 Å². The summed E-state index contributed by atoms with van der Waals surface area (Å²) in [5.74, 6) is 1.13. The summed E-state index contributed by atoms with van der Waals surface area (Å²) in [7, 11) is -1.18. The van der Waals surface area contributed by atoms with Gasteiger partial charge in [-0.15, -0.1) is 0 Å². The Morgan fingerprint density at radius 3 is 2.33 bits per heavy atom. The molecule has 0 amide bonds. The van der Waals surface area contributed by atoms with Crippen molar-refractivity contribution in [2.45, 2.75) is 31.1 Å². The summed E-state index contributed by atoms with van der Waals surface area (Å²) in [6.07, 6.45) is 0.878. The first-order valence-corrected chi connectivity index (χ1v) is 9.09. The van der Waals surface area contributed by atoms with Crippen molar-refractivity contribution >= 4 is 10.1 Å². The maximum absolute atomic E-state index is 12.8. The molecular formula is C18H22O5S. The van der Waals surface area contributed by atoms with Crippen LogP contribution in [0.5, 0.6) is 17.2 Å². The Labute approximate surface area is 143 Å². The third-order valence-electron chi connectivity index (χ3n) is 3.90. The van der Waals surface area contributed by atoms with Crippen molar-refractivity contribution in [3.8, 4) is 17.2 Å². The van der Waals surface area contributed by atoms with E-state index in [0.29, 0.717) is 11.5 Å². The van der Waals surface area contributed by atoms with Gasteiger partial charge in [0, 0.05) is 6.07 Å². The van der Waals surface area contributed by atoms with E-state index in [4.69, 9.17) is 13.7 Å². The van der Waals surface area contributed by atoms with E-state index in [9.17, 15) is 8.42 Å². The van der Waals surface area contributed by atoms with Gasteiger partial charge in [0.05, 0.1) is 14.2 Å². The summed E-state index contributed by atoms with van der Waals surface area (Å²) >= 11 is 0. The molecule has 24 heavy (non-hydrogen) atoms. The second-order valence-electron chi connectivity index (χ2n) is 5.40. The molecule has 130 valence electrons. The minimum Gasteiger partial charge on any atom is -0.497 e. The predicted molar refractivity (Wildman–Crippen MR) is 92.5 cm³/mol. The topological polar surface area (TPSA) is 61.8 Å². The van der Waals surface area contributed by atoms with Crippen LogP contribution < -0.4 is 13.7 Å². The van der Waals surface area contributed by atoms with E-state index in [1.54, 1.807) is 18.2 Å². The lowest BCUT2D eigenvalue weighted by atomic mass is 9.98. The third-order valence-corrected chi connectivity index (χ3v) is 5.16. The van der Waals surface area contributed by atoms with Gasteiger partial charge in [0.2, 0.25) is 0 Å². The summed E-state index contributed by atoms with van der Waals surface area (Å²) in [5, 5.41) is 0. The quantitative estimate of drug-likeness (QED) is 0.707. The number of para-hydroxylation sites is 1. The smallest absolute Gasteiger partial charge is 0.343 e. The van der Waals surface area contributed by atoms with E-state index < -0.39 is 10.1 Å². The minimum absolute atomic E-state index is 0.0664. The molecule has 0 bridgehead atoms. The lowest BCUT2D eigenvalue weighted by molar-refractivity contribution is 0.388. The van der Waals surface area contributed by atoms with Gasteiger partial charge in [-0.3, -0.25) is 0 Å². The fourth-order valence-electron chi connectivity index (χ4n) is 2.33.